The number of aromatic amines is 2. The molecule has 0 aliphatic carbocycles. The van der Waals surface area contributed by atoms with Gasteiger partial charge >= 0.3 is 17.3 Å². The summed E-state index contributed by atoms with van der Waals surface area (Å²) in [6, 6.07) is 16.8. The number of nitrogen functional groups attached to an aromatic ring is 1. The third kappa shape index (κ3) is 18.8. The van der Waals surface area contributed by atoms with Crippen LogP contribution in [0.1, 0.15) is 67.3 Å². The molecule has 4 aliphatic rings. The van der Waals surface area contributed by atoms with Crippen molar-refractivity contribution in [2.24, 2.45) is 14.1 Å². The number of carboxylic acids is 1. The summed E-state index contributed by atoms with van der Waals surface area (Å²) in [7, 11) is 7.90. The number of nitrogens with zero attached hydrogens (tertiary/aromatic N) is 8. The van der Waals surface area contributed by atoms with Crippen molar-refractivity contribution in [3.63, 3.8) is 0 Å². The maximum atomic E-state index is 12.0. The zero-order chi connectivity index (χ0) is 63.7. The lowest BCUT2D eigenvalue weighted by atomic mass is 10.1. The van der Waals surface area contributed by atoms with Gasteiger partial charge in [-0.25, -0.2) is 19.6 Å². The van der Waals surface area contributed by atoms with Gasteiger partial charge in [0.15, 0.2) is 23.0 Å². The first-order chi connectivity index (χ1) is 40.1. The summed E-state index contributed by atoms with van der Waals surface area (Å²) < 4.78 is 3.34. The van der Waals surface area contributed by atoms with Crippen LogP contribution in [-0.2, 0) is 18.9 Å². The predicted octanol–water partition coefficient (Wildman–Crippen LogP) is 11.3. The lowest BCUT2D eigenvalue weighted by Crippen LogP contribution is -2.28. The molecule has 0 amide bonds. The Balaban J connectivity index is 0.000000292. The van der Waals surface area contributed by atoms with Gasteiger partial charge in [0.05, 0.1) is 43.3 Å². The van der Waals surface area contributed by atoms with Gasteiger partial charge in [0.2, 0.25) is 0 Å². The van der Waals surface area contributed by atoms with E-state index in [9.17, 15) is 44.2 Å². The summed E-state index contributed by atoms with van der Waals surface area (Å²) in [6.45, 7) is 9.94. The van der Waals surface area contributed by atoms with Gasteiger partial charge in [-0.1, -0.05) is 78.3 Å². The number of unbranched alkanes of at least 4 members (excludes halogenated alkanes) is 3. The molecule has 0 radical (unpaired) electrons. The molecule has 0 unspecified atom stereocenters. The van der Waals surface area contributed by atoms with E-state index in [1.165, 1.54) is 18.2 Å². The molecule has 0 saturated heterocycles. The molecule has 9 N–H and O–H groups in total. The molecule has 0 spiro atoms. The van der Waals surface area contributed by atoms with E-state index in [0.717, 1.165) is 77.2 Å². The number of H-pyrrole nitrogens is 2. The zero-order valence-electron chi connectivity index (χ0n) is 47.6. The van der Waals surface area contributed by atoms with Crippen molar-refractivity contribution in [3.8, 4) is 23.0 Å². The number of aromatic nitrogens is 8. The van der Waals surface area contributed by atoms with Crippen molar-refractivity contribution in [1.29, 1.82) is 0 Å². The Morgan fingerprint density at radius 3 is 1.48 bits per heavy atom. The molecule has 4 aliphatic heterocycles. The number of fused-ring (bicyclic) bond motifs is 4. The van der Waals surface area contributed by atoms with Crippen LogP contribution in [0, 0.1) is 54.8 Å². The van der Waals surface area contributed by atoms with Crippen LogP contribution in [0.5, 0.6) is 0 Å². The number of aryl methyl sites for hydroxylation is 7. The molecule has 4 heterocycles. The molecular weight excluding hydrogens is 1220 g/mol. The number of hydrogen-bond acceptors (Lipinski definition) is 18. The SMILES string of the molecule is C.CNc1cc(Cl)c(C)cc1N.CNc1cc(Cl)c(C)cc1[N+](=O)[O-].CO.Cc1cc([N+](=O)[O-])c(Cl)cc1Cl.Cc1cc2nc3c(=O)[nH]c(=O)nc-3n(C)c2cc1Cl.Cc1cc2nc3c(=O)[nH]c(=O)nc-3n(C)c2cc1NCCCCCCC(=O)O. The van der Waals surface area contributed by atoms with E-state index in [1.54, 1.807) is 62.3 Å². The largest absolute Gasteiger partial charge is 0.481 e. The Bertz CT molecular complexity index is 4100. The molecule has 5 aromatic rings. The minimum Gasteiger partial charge on any atom is -0.481 e. The number of halogens is 5. The van der Waals surface area contributed by atoms with Crippen molar-refractivity contribution >= 4 is 120 Å². The fourth-order valence-corrected chi connectivity index (χ4v) is 8.89. The first kappa shape index (κ1) is 71.8. The molecule has 0 aromatic heterocycles. The third-order valence-corrected chi connectivity index (χ3v) is 14.4. The normalized spacial score (nSPS) is 10.3. The van der Waals surface area contributed by atoms with Crippen molar-refractivity contribution in [3.05, 3.63) is 175 Å². The molecule has 30 heteroatoms. The Kier molecular flexibility index (Phi) is 27.3. The van der Waals surface area contributed by atoms with Crippen LogP contribution in [0.3, 0.4) is 0 Å². The molecule has 0 saturated carbocycles. The summed E-state index contributed by atoms with van der Waals surface area (Å²) in [5.41, 5.74) is 13.4. The number of anilines is 4. The summed E-state index contributed by atoms with van der Waals surface area (Å²) in [6.07, 6.45) is 3.72. The minimum atomic E-state index is -0.750. The smallest absolute Gasteiger partial charge is 0.349 e. The van der Waals surface area contributed by atoms with Gasteiger partial charge in [0.25, 0.3) is 22.5 Å². The van der Waals surface area contributed by atoms with Crippen LogP contribution in [0.4, 0.5) is 34.1 Å². The number of aliphatic hydroxyl groups excluding tert-OH is 1. The lowest BCUT2D eigenvalue weighted by Gasteiger charge is -2.16. The number of benzene rings is 5. The van der Waals surface area contributed by atoms with Gasteiger partial charge in [-0.15, -0.1) is 0 Å². The third-order valence-electron chi connectivity index (χ3n) is 12.5. The average Bonchev–Trinajstić information content (AvgIpc) is 0.851. The average molecular weight is 1290 g/mol. The molecule has 460 valence electrons. The molecule has 9 rings (SSSR count). The second-order valence-corrected chi connectivity index (χ2v) is 20.6. The number of nitrogens with one attached hydrogen (secondary N) is 5. The molecule has 0 bridgehead atoms. The number of carbonyl (C=O) groups is 1. The standard InChI is InChI=1S/C19H23N5O4.C12H9ClN4O2.C8H9ClN2O2.C8H11ClN2.C7H5Cl2NO2.CH4O.CH4/c1-11-9-13-14(10-12(11)20-8-6-4-3-5-7-15(25)26)24(2)17-16(21-13)18(27)23-19(28)22-17;1-5-3-7-8(4-6(5)13)17(2)10-9(14-7)11(18)16-12(19)15-10;1-5-3-8(11(12)13)7(10-2)4-6(5)9;1-5-3-7(10)8(11-2)4-6(5)9;1-4-2-7(10(11)12)6(9)3-5(4)8;1-2;/h9-10,20H,3-8H2,1-2H3,(H,25,26)(H,23,27,28);3-4H,1-2H3,(H,16,18,19);3-4,10H,1-2H3;3-4,11H,10H2,1-2H3;2-3H,1H3;2H,1H3;1H4. The Labute approximate surface area is 517 Å². The van der Waals surface area contributed by atoms with Gasteiger partial charge < -0.3 is 41.0 Å². The van der Waals surface area contributed by atoms with Gasteiger partial charge in [0.1, 0.15) is 10.7 Å². The summed E-state index contributed by atoms with van der Waals surface area (Å²) in [5, 5.41) is 48.0. The number of carboxylic acid groups (broad SMARTS) is 1. The molecule has 25 nitrogen and oxygen atoms in total. The maximum Gasteiger partial charge on any atom is 0.349 e. The quantitative estimate of drug-likeness (QED) is 0.0185. The zero-order valence-corrected chi connectivity index (χ0v) is 51.4. The van der Waals surface area contributed by atoms with Crippen LogP contribution in [0.2, 0.25) is 25.1 Å². The number of rotatable bonds is 12. The van der Waals surface area contributed by atoms with E-state index in [-0.39, 0.29) is 53.3 Å². The van der Waals surface area contributed by atoms with Crippen molar-refractivity contribution in [2.75, 3.05) is 49.4 Å². The number of aliphatic hydroxyl groups is 1. The van der Waals surface area contributed by atoms with E-state index in [0.29, 0.717) is 54.9 Å². The first-order valence-corrected chi connectivity index (χ1v) is 27.3. The fourth-order valence-electron chi connectivity index (χ4n) is 7.95. The molecule has 0 fully saturated rings. The number of nitro benzene ring substituents is 2. The van der Waals surface area contributed by atoms with Crippen molar-refractivity contribution in [2.45, 2.75) is 74.1 Å². The molecule has 86 heavy (non-hydrogen) atoms. The second-order valence-electron chi connectivity index (χ2n) is 18.5. The number of hydrogen-bond donors (Lipinski definition) is 8. The van der Waals surface area contributed by atoms with Crippen molar-refractivity contribution < 1.29 is 24.9 Å². The van der Waals surface area contributed by atoms with Crippen LogP contribution in [0.15, 0.2) is 79.8 Å². The lowest BCUT2D eigenvalue weighted by molar-refractivity contribution is -0.384. The monoisotopic (exact) mass is 1280 g/mol. The van der Waals surface area contributed by atoms with Crippen LogP contribution in [0.25, 0.3) is 45.1 Å². The summed E-state index contributed by atoms with van der Waals surface area (Å²) in [4.78, 5) is 97.6. The highest BCUT2D eigenvalue weighted by molar-refractivity contribution is 6.36. The van der Waals surface area contributed by atoms with E-state index < -0.39 is 38.3 Å². The van der Waals surface area contributed by atoms with Crippen LogP contribution < -0.4 is 44.2 Å². The Morgan fingerprint density at radius 2 is 0.988 bits per heavy atom. The van der Waals surface area contributed by atoms with E-state index in [2.05, 4.69) is 45.9 Å². The van der Waals surface area contributed by atoms with Crippen LogP contribution in [-0.4, -0.2) is 92.8 Å². The second kappa shape index (κ2) is 32.7. The maximum absolute atomic E-state index is 12.0. The molecular formula is C56H65Cl5N14O11. The summed E-state index contributed by atoms with van der Waals surface area (Å²) in [5.74, 6) is -0.268. The first-order valence-electron chi connectivity index (χ1n) is 25.4. The molecule has 0 atom stereocenters. The van der Waals surface area contributed by atoms with Crippen molar-refractivity contribution in [1.82, 2.24) is 39.0 Å². The summed E-state index contributed by atoms with van der Waals surface area (Å²) >= 11 is 29.0. The van der Waals surface area contributed by atoms with Gasteiger partial charge in [0, 0.05) is 86.2 Å². The van der Waals surface area contributed by atoms with E-state index >= 15 is 0 Å². The van der Waals surface area contributed by atoms with Gasteiger partial charge in [-0.2, -0.15) is 9.97 Å². The van der Waals surface area contributed by atoms with E-state index in [4.69, 9.17) is 74.0 Å². The van der Waals surface area contributed by atoms with Gasteiger partial charge in [-0.05, 0) is 124 Å². The minimum absolute atomic E-state index is 0. The van der Waals surface area contributed by atoms with Gasteiger partial charge in [-0.3, -0.25) is 44.6 Å². The predicted molar refractivity (Wildman–Crippen MR) is 343 cm³/mol. The highest BCUT2D eigenvalue weighted by Gasteiger charge is 2.20. The van der Waals surface area contributed by atoms with Crippen LogP contribution >= 0.6 is 58.0 Å². The number of nitrogens with two attached hydrogens (primary N) is 1. The Morgan fingerprint density at radius 1 is 0.570 bits per heavy atom. The van der Waals surface area contributed by atoms with E-state index in [1.807, 2.05) is 52.1 Å². The Hall–Kier alpha value is -8.46. The topological polar surface area (TPSA) is 367 Å². The highest BCUT2D eigenvalue weighted by atomic mass is 35.5. The number of aliphatic carboxylic acids is 1. The highest BCUT2D eigenvalue weighted by Crippen LogP contribution is 2.32. The molecule has 5 aromatic carbocycles. The fraction of sp³-hybridized carbons (Fsp3) is 0.304. The number of nitro groups is 2.